The molecule has 0 aliphatic heterocycles. The van der Waals surface area contributed by atoms with E-state index in [0.717, 1.165) is 0 Å². The van der Waals surface area contributed by atoms with E-state index in [-0.39, 0.29) is 23.7 Å². The van der Waals surface area contributed by atoms with Gasteiger partial charge < -0.3 is 9.84 Å². The third-order valence-corrected chi connectivity index (χ3v) is 2.86. The maximum atomic E-state index is 11.8. The van der Waals surface area contributed by atoms with Gasteiger partial charge in [-0.15, -0.1) is 0 Å². The smallest absolute Gasteiger partial charge is 0.338 e. The van der Waals surface area contributed by atoms with Crippen molar-refractivity contribution < 1.29 is 19.4 Å². The molecule has 0 unspecified atom stereocenters. The highest BCUT2D eigenvalue weighted by Gasteiger charge is 2.11. The summed E-state index contributed by atoms with van der Waals surface area (Å²) in [6.07, 6.45) is 0. The number of aromatic hydroxyl groups is 1. The third kappa shape index (κ3) is 3.59. The first kappa shape index (κ1) is 14.1. The number of halogens is 1. The number of phenols is 1. The van der Waals surface area contributed by atoms with Gasteiger partial charge in [0.2, 0.25) is 0 Å². The van der Waals surface area contributed by atoms with Crippen molar-refractivity contribution in [2.24, 2.45) is 0 Å². The zero-order chi connectivity index (χ0) is 14.5. The molecular weight excluding hydrogens is 280 g/mol. The fourth-order valence-corrected chi connectivity index (χ4v) is 1.66. The average molecular weight is 291 g/mol. The molecule has 0 aromatic heterocycles. The topological polar surface area (TPSA) is 63.6 Å². The first-order valence-corrected chi connectivity index (χ1v) is 6.19. The lowest BCUT2D eigenvalue weighted by molar-refractivity contribution is 0.0474. The minimum absolute atomic E-state index is 0.0544. The molecule has 1 N–H and O–H groups in total. The average Bonchev–Trinajstić information content (AvgIpc) is 2.46. The number of carbonyl (C=O) groups excluding carboxylic acids is 2. The molecule has 2 aromatic carbocycles. The molecule has 0 spiro atoms. The van der Waals surface area contributed by atoms with E-state index >= 15 is 0 Å². The SMILES string of the molecule is O=C(COC(=O)c1ccc(O)cc1)c1ccc(Cl)cc1. The molecule has 0 fully saturated rings. The Labute approximate surface area is 120 Å². The van der Waals surface area contributed by atoms with E-state index in [1.165, 1.54) is 24.3 Å². The van der Waals surface area contributed by atoms with Crippen molar-refractivity contribution in [1.29, 1.82) is 0 Å². The third-order valence-electron chi connectivity index (χ3n) is 2.60. The molecule has 0 aliphatic carbocycles. The van der Waals surface area contributed by atoms with E-state index in [9.17, 15) is 9.59 Å². The molecule has 0 aliphatic rings. The van der Waals surface area contributed by atoms with Crippen molar-refractivity contribution >= 4 is 23.4 Å². The second-order valence-electron chi connectivity index (χ2n) is 4.05. The minimum Gasteiger partial charge on any atom is -0.508 e. The molecule has 0 saturated heterocycles. The van der Waals surface area contributed by atoms with Crippen molar-refractivity contribution in [1.82, 2.24) is 0 Å². The van der Waals surface area contributed by atoms with Crippen LogP contribution in [0.4, 0.5) is 0 Å². The van der Waals surface area contributed by atoms with Gasteiger partial charge in [0.05, 0.1) is 5.56 Å². The van der Waals surface area contributed by atoms with E-state index in [1.807, 2.05) is 0 Å². The number of hydrogen-bond acceptors (Lipinski definition) is 4. The van der Waals surface area contributed by atoms with Crippen molar-refractivity contribution in [3.05, 3.63) is 64.7 Å². The molecule has 0 heterocycles. The van der Waals surface area contributed by atoms with Gasteiger partial charge in [-0.2, -0.15) is 0 Å². The number of esters is 1. The number of phenolic OH excluding ortho intramolecular Hbond substituents is 1. The molecule has 4 nitrogen and oxygen atoms in total. The van der Waals surface area contributed by atoms with Crippen LogP contribution in [0, 0.1) is 0 Å². The predicted octanol–water partition coefficient (Wildman–Crippen LogP) is 3.09. The quantitative estimate of drug-likeness (QED) is 0.694. The van der Waals surface area contributed by atoms with Gasteiger partial charge >= 0.3 is 5.97 Å². The second-order valence-corrected chi connectivity index (χ2v) is 4.49. The van der Waals surface area contributed by atoms with E-state index < -0.39 is 5.97 Å². The fraction of sp³-hybridized carbons (Fsp3) is 0.0667. The van der Waals surface area contributed by atoms with Gasteiger partial charge in [0, 0.05) is 10.6 Å². The van der Waals surface area contributed by atoms with Gasteiger partial charge in [-0.05, 0) is 48.5 Å². The highest BCUT2D eigenvalue weighted by molar-refractivity contribution is 6.30. The molecule has 0 radical (unpaired) electrons. The Balaban J connectivity index is 1.94. The lowest BCUT2D eigenvalue weighted by atomic mass is 10.1. The maximum Gasteiger partial charge on any atom is 0.338 e. The summed E-state index contributed by atoms with van der Waals surface area (Å²) in [5.41, 5.74) is 0.694. The van der Waals surface area contributed by atoms with E-state index in [2.05, 4.69) is 0 Å². The molecule has 102 valence electrons. The van der Waals surface area contributed by atoms with Crippen molar-refractivity contribution in [2.75, 3.05) is 6.61 Å². The largest absolute Gasteiger partial charge is 0.508 e. The molecular formula is C15H11ClO4. The van der Waals surface area contributed by atoms with Gasteiger partial charge in [0.1, 0.15) is 5.75 Å². The second kappa shape index (κ2) is 6.21. The summed E-state index contributed by atoms with van der Waals surface area (Å²) in [5.74, 6) is -0.875. The molecule has 2 rings (SSSR count). The first-order valence-electron chi connectivity index (χ1n) is 5.81. The Morgan fingerprint density at radius 1 is 0.950 bits per heavy atom. The highest BCUT2D eigenvalue weighted by Crippen LogP contribution is 2.12. The first-order chi connectivity index (χ1) is 9.56. The predicted molar refractivity (Wildman–Crippen MR) is 74.2 cm³/mol. The van der Waals surface area contributed by atoms with Crippen LogP contribution in [0.3, 0.4) is 0 Å². The summed E-state index contributed by atoms with van der Waals surface area (Å²) in [7, 11) is 0. The molecule has 0 saturated carbocycles. The standard InChI is InChI=1S/C15H11ClO4/c16-12-5-1-10(2-6-12)14(18)9-20-15(19)11-3-7-13(17)8-4-11/h1-8,17H,9H2. The minimum atomic E-state index is -0.618. The number of Topliss-reactive ketones (excluding diaryl/α,β-unsaturated/α-hetero) is 1. The number of ketones is 1. The Bertz CT molecular complexity index is 560. The van der Waals surface area contributed by atoms with E-state index in [1.54, 1.807) is 24.3 Å². The fourth-order valence-electron chi connectivity index (χ4n) is 1.53. The summed E-state index contributed by atoms with van der Waals surface area (Å²) in [4.78, 5) is 23.5. The van der Waals surface area contributed by atoms with Crippen LogP contribution in [0.25, 0.3) is 0 Å². The van der Waals surface area contributed by atoms with Gasteiger partial charge in [0.15, 0.2) is 12.4 Å². The summed E-state index contributed by atoms with van der Waals surface area (Å²) in [6.45, 7) is -0.346. The van der Waals surface area contributed by atoms with Crippen molar-refractivity contribution in [3.8, 4) is 5.75 Å². The molecule has 20 heavy (non-hydrogen) atoms. The maximum absolute atomic E-state index is 11.8. The van der Waals surface area contributed by atoms with Crippen LogP contribution >= 0.6 is 11.6 Å². The van der Waals surface area contributed by atoms with E-state index in [0.29, 0.717) is 10.6 Å². The Morgan fingerprint density at radius 2 is 1.50 bits per heavy atom. The van der Waals surface area contributed by atoms with Gasteiger partial charge in [-0.3, -0.25) is 4.79 Å². The van der Waals surface area contributed by atoms with Crippen molar-refractivity contribution in [2.45, 2.75) is 0 Å². The molecule has 0 bridgehead atoms. The summed E-state index contributed by atoms with van der Waals surface area (Å²) in [5, 5.41) is 9.64. The van der Waals surface area contributed by atoms with Crippen LogP contribution in [0.1, 0.15) is 20.7 Å². The van der Waals surface area contributed by atoms with Crippen LogP contribution in [-0.4, -0.2) is 23.5 Å². The molecule has 0 atom stereocenters. The Hall–Kier alpha value is -2.33. The van der Waals surface area contributed by atoms with Gasteiger partial charge in [-0.25, -0.2) is 4.79 Å². The summed E-state index contributed by atoms with van der Waals surface area (Å²) >= 11 is 5.72. The monoisotopic (exact) mass is 290 g/mol. The highest BCUT2D eigenvalue weighted by atomic mass is 35.5. The van der Waals surface area contributed by atoms with Crippen LogP contribution in [0.5, 0.6) is 5.75 Å². The van der Waals surface area contributed by atoms with Crippen LogP contribution in [-0.2, 0) is 4.74 Å². The summed E-state index contributed by atoms with van der Waals surface area (Å²) < 4.78 is 4.91. The Morgan fingerprint density at radius 3 is 2.10 bits per heavy atom. The van der Waals surface area contributed by atoms with Crippen LogP contribution in [0.15, 0.2) is 48.5 Å². The van der Waals surface area contributed by atoms with Gasteiger partial charge in [-0.1, -0.05) is 11.6 Å². The number of hydrogen-bond donors (Lipinski definition) is 1. The van der Waals surface area contributed by atoms with Crippen LogP contribution in [0.2, 0.25) is 5.02 Å². The number of carbonyl (C=O) groups is 2. The molecule has 0 amide bonds. The zero-order valence-corrected chi connectivity index (χ0v) is 11.1. The molecule has 2 aromatic rings. The zero-order valence-electron chi connectivity index (χ0n) is 10.4. The van der Waals surface area contributed by atoms with Crippen molar-refractivity contribution in [3.63, 3.8) is 0 Å². The lowest BCUT2D eigenvalue weighted by Gasteiger charge is -2.04. The lowest BCUT2D eigenvalue weighted by Crippen LogP contribution is -2.14. The molecule has 5 heteroatoms. The number of ether oxygens (including phenoxy) is 1. The number of benzene rings is 2. The number of rotatable bonds is 4. The normalized spacial score (nSPS) is 10.1. The van der Waals surface area contributed by atoms with Crippen LogP contribution < -0.4 is 0 Å². The van der Waals surface area contributed by atoms with E-state index in [4.69, 9.17) is 21.4 Å². The Kier molecular flexibility index (Phi) is 4.38. The summed E-state index contributed by atoms with van der Waals surface area (Å²) in [6, 6.07) is 11.9. The van der Waals surface area contributed by atoms with Gasteiger partial charge in [0.25, 0.3) is 0 Å².